The topological polar surface area (TPSA) is 102 Å². The fourth-order valence-corrected chi connectivity index (χ4v) is 6.99. The summed E-state index contributed by atoms with van der Waals surface area (Å²) >= 11 is 6.69. The van der Waals surface area contributed by atoms with Crippen molar-refractivity contribution in [2.75, 3.05) is 26.2 Å². The molecule has 2 fully saturated rings. The highest BCUT2D eigenvalue weighted by Gasteiger charge is 2.36. The van der Waals surface area contributed by atoms with E-state index in [0.717, 1.165) is 29.8 Å². The molecule has 43 heavy (non-hydrogen) atoms. The second-order valence-corrected chi connectivity index (χ2v) is 13.0. The number of fused-ring (bicyclic) bond motifs is 1. The van der Waals surface area contributed by atoms with Crippen LogP contribution >= 0.6 is 11.6 Å². The van der Waals surface area contributed by atoms with E-state index in [-0.39, 0.29) is 30.2 Å². The molecule has 6 rings (SSSR count). The predicted molar refractivity (Wildman–Crippen MR) is 168 cm³/mol. The van der Waals surface area contributed by atoms with Gasteiger partial charge in [-0.05, 0) is 70.7 Å². The number of likely N-dealkylation sites (tertiary alicyclic amines) is 1. The van der Waals surface area contributed by atoms with Crippen LogP contribution in [0.1, 0.15) is 54.6 Å². The average molecular weight is 606 g/mol. The van der Waals surface area contributed by atoms with E-state index in [0.29, 0.717) is 60.2 Å². The van der Waals surface area contributed by atoms with Crippen molar-refractivity contribution in [1.82, 2.24) is 24.3 Å². The lowest BCUT2D eigenvalue weighted by atomic mass is 9.85. The van der Waals surface area contributed by atoms with Crippen LogP contribution in [0, 0.1) is 19.8 Å². The smallest absolute Gasteiger partial charge is 0.262 e. The van der Waals surface area contributed by atoms with Crippen LogP contribution in [0.25, 0.3) is 16.7 Å². The van der Waals surface area contributed by atoms with E-state index < -0.39 is 5.60 Å². The normalized spacial score (nSPS) is 24.1. The van der Waals surface area contributed by atoms with Crippen molar-refractivity contribution in [3.63, 3.8) is 0 Å². The minimum atomic E-state index is -1.12. The van der Waals surface area contributed by atoms with Crippen LogP contribution in [0.5, 0.6) is 0 Å². The van der Waals surface area contributed by atoms with Gasteiger partial charge in [-0.2, -0.15) is 0 Å². The van der Waals surface area contributed by atoms with E-state index in [9.17, 15) is 14.7 Å². The molecule has 0 bridgehead atoms. The summed E-state index contributed by atoms with van der Waals surface area (Å²) in [6, 6.07) is 7.74. The quantitative estimate of drug-likeness (QED) is 0.449. The van der Waals surface area contributed by atoms with Gasteiger partial charge in [0.1, 0.15) is 11.5 Å². The number of aryl methyl sites for hydroxylation is 2. The van der Waals surface area contributed by atoms with Gasteiger partial charge in [0, 0.05) is 42.9 Å². The van der Waals surface area contributed by atoms with Crippen LogP contribution in [-0.4, -0.2) is 74.0 Å². The van der Waals surface area contributed by atoms with Crippen LogP contribution in [0.15, 0.2) is 53.1 Å². The number of aromatic nitrogens is 3. The SMILES string of the molecule is CC1=CC(n2c(Cl)cc3c(=O)n(CC4(O)CCN(C(=O)c5ccc(C)cc5C)CC4)cnc32)=CCC1[C@H]1CO[C@H](C)CN1. The van der Waals surface area contributed by atoms with E-state index >= 15 is 0 Å². The maximum absolute atomic E-state index is 13.6. The Bertz CT molecular complexity index is 1670. The lowest BCUT2D eigenvalue weighted by Crippen LogP contribution is -2.49. The Labute approximate surface area is 256 Å². The Morgan fingerprint density at radius 1 is 1.21 bits per heavy atom. The van der Waals surface area contributed by atoms with Gasteiger partial charge in [-0.25, -0.2) is 4.98 Å². The Balaban J connectivity index is 1.17. The number of aliphatic hydroxyl groups is 1. The molecule has 1 unspecified atom stereocenters. The third kappa shape index (κ3) is 5.83. The molecule has 2 N–H and O–H groups in total. The number of halogens is 1. The number of nitrogens with zero attached hydrogens (tertiary/aromatic N) is 4. The molecule has 2 aliphatic heterocycles. The van der Waals surface area contributed by atoms with E-state index in [2.05, 4.69) is 36.3 Å². The van der Waals surface area contributed by atoms with Crippen LogP contribution in [0.2, 0.25) is 5.15 Å². The summed E-state index contributed by atoms with van der Waals surface area (Å²) in [5.41, 5.74) is 3.98. The van der Waals surface area contributed by atoms with E-state index in [1.807, 2.05) is 36.6 Å². The van der Waals surface area contributed by atoms with Crippen LogP contribution in [0.4, 0.5) is 0 Å². The highest BCUT2D eigenvalue weighted by molar-refractivity contribution is 6.31. The first kappa shape index (κ1) is 29.8. The molecule has 9 nitrogen and oxygen atoms in total. The maximum atomic E-state index is 13.6. The number of carbonyl (C=O) groups excluding carboxylic acids is 1. The Morgan fingerprint density at radius 3 is 2.65 bits per heavy atom. The molecule has 1 amide bonds. The molecular weight excluding hydrogens is 566 g/mol. The molecule has 0 radical (unpaired) electrons. The van der Waals surface area contributed by atoms with Crippen LogP contribution in [-0.2, 0) is 11.3 Å². The molecule has 3 aliphatic rings. The summed E-state index contributed by atoms with van der Waals surface area (Å²) in [5, 5.41) is 15.9. The number of hydrogen-bond donors (Lipinski definition) is 2. The molecule has 3 aromatic rings. The highest BCUT2D eigenvalue weighted by atomic mass is 35.5. The van der Waals surface area contributed by atoms with Gasteiger partial charge < -0.3 is 20.1 Å². The van der Waals surface area contributed by atoms with Crippen molar-refractivity contribution < 1.29 is 14.6 Å². The average Bonchev–Trinajstić information content (AvgIpc) is 3.32. The van der Waals surface area contributed by atoms with Crippen molar-refractivity contribution >= 4 is 34.2 Å². The Morgan fingerprint density at radius 2 is 1.98 bits per heavy atom. The van der Waals surface area contributed by atoms with Gasteiger partial charge >= 0.3 is 0 Å². The molecule has 0 saturated carbocycles. The van der Waals surface area contributed by atoms with Gasteiger partial charge in [0.15, 0.2) is 5.65 Å². The number of morpholine rings is 1. The van der Waals surface area contributed by atoms with E-state index in [4.69, 9.17) is 16.3 Å². The highest BCUT2D eigenvalue weighted by Crippen LogP contribution is 2.34. The monoisotopic (exact) mass is 605 g/mol. The third-order valence-electron chi connectivity index (χ3n) is 9.31. The lowest BCUT2D eigenvalue weighted by Gasteiger charge is -2.38. The minimum absolute atomic E-state index is 0.0265. The predicted octanol–water partition coefficient (Wildman–Crippen LogP) is 4.32. The van der Waals surface area contributed by atoms with Gasteiger partial charge in [-0.1, -0.05) is 40.9 Å². The largest absolute Gasteiger partial charge is 0.388 e. The van der Waals surface area contributed by atoms with E-state index in [1.165, 1.54) is 16.5 Å². The number of piperidine rings is 1. The number of hydrogen-bond acceptors (Lipinski definition) is 6. The standard InChI is InChI=1S/C33H40ClN5O4/c1-20-5-7-26(21(2)13-20)31(40)37-11-9-33(42,10-12-37)18-38-19-36-30-27(32(38)41)15-29(34)39(30)24-6-8-25(22(3)14-24)28-17-43-23(4)16-35-28/h5-7,13-15,19,23,25,28,35,42H,8-12,16-18H2,1-4H3/t23-,25?,28-/m1/s1. The number of benzene rings is 1. The first-order chi connectivity index (χ1) is 20.5. The summed E-state index contributed by atoms with van der Waals surface area (Å²) in [4.78, 5) is 33.2. The maximum Gasteiger partial charge on any atom is 0.262 e. The summed E-state index contributed by atoms with van der Waals surface area (Å²) in [6.45, 7) is 10.6. The fraction of sp³-hybridized carbons (Fsp3) is 0.485. The third-order valence-corrected chi connectivity index (χ3v) is 9.59. The molecule has 4 heterocycles. The van der Waals surface area contributed by atoms with Gasteiger partial charge in [0.05, 0.1) is 30.2 Å². The van der Waals surface area contributed by atoms with Gasteiger partial charge in [0.2, 0.25) is 0 Å². The molecule has 0 spiro atoms. The van der Waals surface area contributed by atoms with Gasteiger partial charge in [-0.15, -0.1) is 0 Å². The second-order valence-electron chi connectivity index (χ2n) is 12.6. The number of ether oxygens (including phenoxy) is 1. The number of amides is 1. The van der Waals surface area contributed by atoms with Crippen molar-refractivity contribution in [3.05, 3.63) is 80.5 Å². The molecule has 3 atom stereocenters. The molecular formula is C33H40ClN5O4. The van der Waals surface area contributed by atoms with Gasteiger partial charge in [0.25, 0.3) is 11.5 Å². The zero-order valence-corrected chi connectivity index (χ0v) is 26.0. The number of rotatable bonds is 5. The summed E-state index contributed by atoms with van der Waals surface area (Å²) < 4.78 is 9.16. The van der Waals surface area contributed by atoms with Crippen molar-refractivity contribution in [2.45, 2.75) is 71.2 Å². The van der Waals surface area contributed by atoms with Crippen molar-refractivity contribution in [3.8, 4) is 0 Å². The van der Waals surface area contributed by atoms with Crippen LogP contribution in [0.3, 0.4) is 0 Å². The zero-order valence-electron chi connectivity index (χ0n) is 25.3. The van der Waals surface area contributed by atoms with Crippen molar-refractivity contribution in [2.24, 2.45) is 5.92 Å². The summed E-state index contributed by atoms with van der Waals surface area (Å²) in [6.07, 6.45) is 7.54. The lowest BCUT2D eigenvalue weighted by molar-refractivity contribution is -0.0299. The summed E-state index contributed by atoms with van der Waals surface area (Å²) in [5.74, 6) is 0.298. The molecule has 1 aliphatic carbocycles. The first-order valence-electron chi connectivity index (χ1n) is 15.1. The van der Waals surface area contributed by atoms with Crippen LogP contribution < -0.4 is 10.9 Å². The molecule has 2 saturated heterocycles. The fourth-order valence-electron chi connectivity index (χ4n) is 6.70. The Hall–Kier alpha value is -3.24. The van der Waals surface area contributed by atoms with Crippen molar-refractivity contribution in [1.29, 1.82) is 0 Å². The van der Waals surface area contributed by atoms with Gasteiger partial charge in [-0.3, -0.25) is 18.7 Å². The second kappa shape index (κ2) is 11.7. The minimum Gasteiger partial charge on any atom is -0.388 e. The summed E-state index contributed by atoms with van der Waals surface area (Å²) in [7, 11) is 0. The number of nitrogens with one attached hydrogen (secondary N) is 1. The zero-order chi connectivity index (χ0) is 30.5. The Kier molecular flexibility index (Phi) is 8.10. The van der Waals surface area contributed by atoms with E-state index in [1.54, 1.807) is 11.0 Å². The molecule has 228 valence electrons. The molecule has 1 aromatic carbocycles. The number of carbonyl (C=O) groups is 1. The molecule has 10 heteroatoms. The first-order valence-corrected chi connectivity index (χ1v) is 15.5. The molecule has 2 aromatic heterocycles. The number of allylic oxidation sites excluding steroid dienone is 3.